The van der Waals surface area contributed by atoms with E-state index in [0.717, 1.165) is 43.5 Å². The number of aryl methyl sites for hydroxylation is 1. The van der Waals surface area contributed by atoms with Gasteiger partial charge in [0.05, 0.1) is 31.5 Å². The number of benzene rings is 1. The monoisotopic (exact) mass is 549 g/mol. The maximum absolute atomic E-state index is 13.0. The average Bonchev–Trinajstić information content (AvgIpc) is 3.60. The summed E-state index contributed by atoms with van der Waals surface area (Å²) in [5, 5.41) is 5.20. The van der Waals surface area contributed by atoms with E-state index in [1.54, 1.807) is 25.1 Å². The van der Waals surface area contributed by atoms with Gasteiger partial charge in [-0.2, -0.15) is 17.8 Å². The van der Waals surface area contributed by atoms with Crippen LogP contribution < -0.4 is 4.90 Å². The third-order valence-electron chi connectivity index (χ3n) is 6.65. The Hall–Kier alpha value is -4.00. The van der Waals surface area contributed by atoms with Gasteiger partial charge in [0.1, 0.15) is 11.6 Å². The van der Waals surface area contributed by atoms with E-state index in [0.29, 0.717) is 12.2 Å². The number of allylic oxidation sites excluding steroid dienone is 1. The van der Waals surface area contributed by atoms with E-state index >= 15 is 0 Å². The Bertz CT molecular complexity index is 1670. The van der Waals surface area contributed by atoms with Crippen molar-refractivity contribution in [3.05, 3.63) is 84.7 Å². The van der Waals surface area contributed by atoms with Crippen molar-refractivity contribution in [3.8, 4) is 11.1 Å². The third-order valence-corrected chi connectivity index (χ3v) is 8.40. The van der Waals surface area contributed by atoms with Crippen molar-refractivity contribution in [1.82, 2.24) is 28.0 Å². The van der Waals surface area contributed by atoms with Crippen LogP contribution in [0.3, 0.4) is 0 Å². The van der Waals surface area contributed by atoms with E-state index in [4.69, 9.17) is 9.47 Å². The van der Waals surface area contributed by atoms with Crippen LogP contribution in [0.5, 0.6) is 0 Å². The average molecular weight is 550 g/mol. The van der Waals surface area contributed by atoms with Crippen LogP contribution in [0.1, 0.15) is 12.2 Å². The summed E-state index contributed by atoms with van der Waals surface area (Å²) in [5.41, 5.74) is 4.39. The van der Waals surface area contributed by atoms with Crippen molar-refractivity contribution in [2.75, 3.05) is 33.2 Å². The summed E-state index contributed by atoms with van der Waals surface area (Å²) in [7, 11) is 4.38. The van der Waals surface area contributed by atoms with Gasteiger partial charge in [0, 0.05) is 87.4 Å². The first-order valence-corrected chi connectivity index (χ1v) is 13.7. The fraction of sp³-hybridized carbons (Fsp3) is 0.296. The molecular formula is C27H31N7O4S. The Morgan fingerprint density at radius 3 is 2.62 bits per heavy atom. The molecule has 1 aliphatic rings. The summed E-state index contributed by atoms with van der Waals surface area (Å²) in [6, 6.07) is 8.02. The van der Waals surface area contributed by atoms with Gasteiger partial charge in [0.25, 0.3) is 0 Å². The first-order chi connectivity index (χ1) is 18.7. The number of fused-ring (bicyclic) bond motifs is 1. The van der Waals surface area contributed by atoms with Crippen LogP contribution in [-0.2, 0) is 33.3 Å². The second kappa shape index (κ2) is 10.6. The first-order valence-electron chi connectivity index (χ1n) is 12.3. The van der Waals surface area contributed by atoms with E-state index in [9.17, 15) is 8.42 Å². The minimum atomic E-state index is -3.76. The number of hydrogen-bond acceptors (Lipinski definition) is 8. The Morgan fingerprint density at radius 1 is 1.10 bits per heavy atom. The van der Waals surface area contributed by atoms with Crippen molar-refractivity contribution in [2.24, 2.45) is 7.05 Å². The highest BCUT2D eigenvalue weighted by Crippen LogP contribution is 2.32. The van der Waals surface area contributed by atoms with E-state index in [1.165, 1.54) is 30.5 Å². The van der Waals surface area contributed by atoms with Gasteiger partial charge >= 0.3 is 10.2 Å². The highest BCUT2D eigenvalue weighted by molar-refractivity contribution is 7.87. The first kappa shape index (κ1) is 26.6. The fourth-order valence-electron chi connectivity index (χ4n) is 4.49. The molecule has 0 amide bonds. The van der Waals surface area contributed by atoms with Crippen molar-refractivity contribution in [2.45, 2.75) is 19.1 Å². The van der Waals surface area contributed by atoms with E-state index in [-0.39, 0.29) is 12.6 Å². The van der Waals surface area contributed by atoms with Gasteiger partial charge < -0.3 is 14.4 Å². The Kier molecular flexibility index (Phi) is 7.25. The summed E-state index contributed by atoms with van der Waals surface area (Å²) in [4.78, 5) is 11.1. The molecule has 4 aromatic rings. The van der Waals surface area contributed by atoms with Gasteiger partial charge in [0.2, 0.25) is 0 Å². The number of pyridine rings is 1. The molecule has 0 N–H and O–H groups in total. The SMILES string of the molecule is COC1=CC(N(Cc2nccn2S(=O)(=O)N(C)C)c2ccc3ncc(-c4cnn(C)c4)cc3c2)=CC(OC)C1. The lowest BCUT2D eigenvalue weighted by Gasteiger charge is -2.30. The molecule has 1 unspecified atom stereocenters. The second-order valence-electron chi connectivity index (χ2n) is 9.40. The van der Waals surface area contributed by atoms with Gasteiger partial charge in [-0.1, -0.05) is 0 Å². The maximum atomic E-state index is 13.0. The van der Waals surface area contributed by atoms with Crippen molar-refractivity contribution in [1.29, 1.82) is 0 Å². The molecule has 0 aliphatic heterocycles. The van der Waals surface area contributed by atoms with Gasteiger partial charge in [-0.05, 0) is 36.4 Å². The zero-order valence-corrected chi connectivity index (χ0v) is 23.3. The number of ether oxygens (including phenoxy) is 2. The number of nitrogens with zero attached hydrogens (tertiary/aromatic N) is 7. The third kappa shape index (κ3) is 5.31. The molecular weight excluding hydrogens is 518 g/mol. The van der Waals surface area contributed by atoms with Crippen LogP contribution >= 0.6 is 0 Å². The molecule has 3 heterocycles. The zero-order valence-electron chi connectivity index (χ0n) is 22.5. The fourth-order valence-corrected chi connectivity index (χ4v) is 5.42. The second-order valence-corrected chi connectivity index (χ2v) is 11.4. The van der Waals surface area contributed by atoms with Crippen LogP contribution in [-0.4, -0.2) is 70.9 Å². The summed E-state index contributed by atoms with van der Waals surface area (Å²) >= 11 is 0. The molecule has 12 heteroatoms. The maximum Gasteiger partial charge on any atom is 0.308 e. The summed E-state index contributed by atoms with van der Waals surface area (Å²) in [6.45, 7) is 0.178. The Morgan fingerprint density at radius 2 is 1.92 bits per heavy atom. The molecule has 1 aliphatic carbocycles. The van der Waals surface area contributed by atoms with Gasteiger partial charge in [-0.15, -0.1) is 0 Å². The summed E-state index contributed by atoms with van der Waals surface area (Å²) in [5.74, 6) is 1.12. The molecule has 3 aromatic heterocycles. The van der Waals surface area contributed by atoms with E-state index in [2.05, 4.69) is 21.1 Å². The molecule has 0 saturated carbocycles. The Labute approximate surface area is 227 Å². The molecule has 0 spiro atoms. The van der Waals surface area contributed by atoms with Crippen LogP contribution in [0.25, 0.3) is 22.0 Å². The van der Waals surface area contributed by atoms with Crippen LogP contribution in [0.15, 0.2) is 78.9 Å². The molecule has 39 heavy (non-hydrogen) atoms. The molecule has 0 radical (unpaired) electrons. The number of hydrogen-bond donors (Lipinski definition) is 0. The minimum Gasteiger partial charge on any atom is -0.501 e. The number of imidazole rings is 1. The van der Waals surface area contributed by atoms with Crippen molar-refractivity contribution in [3.63, 3.8) is 0 Å². The minimum absolute atomic E-state index is 0.178. The van der Waals surface area contributed by atoms with Gasteiger partial charge in [-0.25, -0.2) is 8.96 Å². The number of aromatic nitrogens is 5. The van der Waals surface area contributed by atoms with Crippen molar-refractivity contribution >= 4 is 26.8 Å². The lowest BCUT2D eigenvalue weighted by Crippen LogP contribution is -2.32. The summed E-state index contributed by atoms with van der Waals surface area (Å²) in [6.07, 6.45) is 12.9. The molecule has 0 fully saturated rings. The standard InChI is InChI=1S/C27H31N7O4S/c1-31(2)39(35,36)34-9-8-28-27(34)18-33(23-12-24(37-4)14-25(13-23)38-5)22-6-7-26-19(11-22)10-20(15-29-26)21-16-30-32(3)17-21/h6-13,15-17,24H,14,18H2,1-5H3. The molecule has 204 valence electrons. The van der Waals surface area contributed by atoms with E-state index < -0.39 is 10.2 Å². The number of anilines is 1. The molecule has 11 nitrogen and oxygen atoms in total. The van der Waals surface area contributed by atoms with Crippen LogP contribution in [0.4, 0.5) is 5.69 Å². The quantitative estimate of drug-likeness (QED) is 0.313. The topological polar surface area (TPSA) is 108 Å². The normalized spacial score (nSPS) is 15.9. The highest BCUT2D eigenvalue weighted by atomic mass is 32.2. The lowest BCUT2D eigenvalue weighted by molar-refractivity contribution is 0.120. The molecule has 1 aromatic carbocycles. The van der Waals surface area contributed by atoms with Gasteiger partial charge in [0.15, 0.2) is 0 Å². The van der Waals surface area contributed by atoms with Gasteiger partial charge in [-0.3, -0.25) is 9.67 Å². The molecule has 0 bridgehead atoms. The summed E-state index contributed by atoms with van der Waals surface area (Å²) < 4.78 is 41.4. The Balaban J connectivity index is 1.63. The zero-order chi connectivity index (χ0) is 27.7. The van der Waals surface area contributed by atoms with Crippen molar-refractivity contribution < 1.29 is 17.9 Å². The van der Waals surface area contributed by atoms with E-state index in [1.807, 2.05) is 54.7 Å². The largest absolute Gasteiger partial charge is 0.501 e. The molecule has 0 saturated heterocycles. The molecule has 1 atom stereocenters. The predicted octanol–water partition coefficient (Wildman–Crippen LogP) is 3.33. The number of rotatable bonds is 9. The predicted molar refractivity (Wildman–Crippen MR) is 149 cm³/mol. The lowest BCUT2D eigenvalue weighted by atomic mass is 10.0. The molecule has 5 rings (SSSR count). The number of methoxy groups -OCH3 is 2. The van der Waals surface area contributed by atoms with Crippen LogP contribution in [0, 0.1) is 0 Å². The van der Waals surface area contributed by atoms with Crippen LogP contribution in [0.2, 0.25) is 0 Å². The smallest absolute Gasteiger partial charge is 0.308 e. The highest BCUT2D eigenvalue weighted by Gasteiger charge is 2.25.